The van der Waals surface area contributed by atoms with Crippen molar-refractivity contribution in [1.29, 1.82) is 0 Å². The zero-order valence-electron chi connectivity index (χ0n) is 19.0. The molecule has 2 heterocycles. The van der Waals surface area contributed by atoms with Crippen LogP contribution in [0.3, 0.4) is 0 Å². The number of rotatable bonds is 3. The molecule has 6 heteroatoms. The maximum Gasteiger partial charge on any atom is 0.258 e. The van der Waals surface area contributed by atoms with Gasteiger partial charge in [-0.05, 0) is 73.5 Å². The third-order valence-corrected chi connectivity index (χ3v) is 6.73. The number of halogens is 1. The quantitative estimate of drug-likeness (QED) is 0.388. The molecule has 3 aromatic carbocycles. The number of carbonyl (C=O) groups excluding carboxylic acids is 2. The fraction of sp³-hybridized carbons (Fsp3) is 0.143. The number of hydrogen-bond donors (Lipinski definition) is 1. The second kappa shape index (κ2) is 8.84. The lowest BCUT2D eigenvalue weighted by Crippen LogP contribution is -2.32. The first-order chi connectivity index (χ1) is 16.4. The van der Waals surface area contributed by atoms with Gasteiger partial charge in [0.05, 0.1) is 22.1 Å². The van der Waals surface area contributed by atoms with Gasteiger partial charge in [0.25, 0.3) is 11.8 Å². The Hall–Kier alpha value is -3.83. The fourth-order valence-corrected chi connectivity index (χ4v) is 4.63. The van der Waals surface area contributed by atoms with Gasteiger partial charge in [-0.2, -0.15) is 0 Å². The number of hydrogen-bond acceptors (Lipinski definition) is 2. The van der Waals surface area contributed by atoms with Crippen molar-refractivity contribution < 1.29 is 9.59 Å². The van der Waals surface area contributed by atoms with E-state index >= 15 is 0 Å². The van der Waals surface area contributed by atoms with Crippen LogP contribution in [0.25, 0.3) is 5.69 Å². The number of aryl methyl sites for hydroxylation is 1. The standard InChI is InChI=1S/C28H24ClN3O2/c1-18-7-5-9-22(19(18)2)27(33)30-24-13-12-20(17-23(24)29)28(34)32-16-14-21-8-6-15-31(21)25-10-3-4-11-26(25)32/h3-13,15,17H,14,16H2,1-2H3,(H,30,33). The monoisotopic (exact) mass is 469 g/mol. The highest BCUT2D eigenvalue weighted by molar-refractivity contribution is 6.34. The molecule has 2 amide bonds. The molecule has 170 valence electrons. The van der Waals surface area contributed by atoms with E-state index in [-0.39, 0.29) is 11.8 Å². The van der Waals surface area contributed by atoms with E-state index < -0.39 is 0 Å². The van der Waals surface area contributed by atoms with E-state index in [1.165, 1.54) is 0 Å². The van der Waals surface area contributed by atoms with Crippen molar-refractivity contribution in [3.63, 3.8) is 0 Å². The summed E-state index contributed by atoms with van der Waals surface area (Å²) in [7, 11) is 0. The summed E-state index contributed by atoms with van der Waals surface area (Å²) in [6.45, 7) is 4.45. The lowest BCUT2D eigenvalue weighted by Gasteiger charge is -2.23. The molecule has 0 bridgehead atoms. The molecule has 5 rings (SSSR count). The van der Waals surface area contributed by atoms with Crippen LogP contribution in [0, 0.1) is 13.8 Å². The van der Waals surface area contributed by atoms with E-state index in [9.17, 15) is 9.59 Å². The SMILES string of the molecule is Cc1cccc(C(=O)Nc2ccc(C(=O)N3CCc4cccn4-c4ccccc43)cc2Cl)c1C. The van der Waals surface area contributed by atoms with Crippen molar-refractivity contribution >= 4 is 34.8 Å². The average Bonchev–Trinajstić information content (AvgIpc) is 3.25. The van der Waals surface area contributed by atoms with Gasteiger partial charge in [0.15, 0.2) is 0 Å². The Bertz CT molecular complexity index is 1420. The molecule has 1 aromatic heterocycles. The molecule has 4 aromatic rings. The lowest BCUT2D eigenvalue weighted by atomic mass is 10.0. The summed E-state index contributed by atoms with van der Waals surface area (Å²) in [6, 6.07) is 22.6. The van der Waals surface area contributed by atoms with Gasteiger partial charge in [0.2, 0.25) is 0 Å². The highest BCUT2D eigenvalue weighted by atomic mass is 35.5. The molecule has 0 aliphatic carbocycles. The molecular formula is C28H24ClN3O2. The first kappa shape index (κ1) is 22.0. The van der Waals surface area contributed by atoms with Crippen LogP contribution >= 0.6 is 11.6 Å². The van der Waals surface area contributed by atoms with E-state index in [0.717, 1.165) is 34.6 Å². The van der Waals surface area contributed by atoms with Crippen molar-refractivity contribution in [3.05, 3.63) is 112 Å². The Labute approximate surface area is 203 Å². The van der Waals surface area contributed by atoms with Crippen molar-refractivity contribution in [2.75, 3.05) is 16.8 Å². The number of aromatic nitrogens is 1. The molecule has 5 nitrogen and oxygen atoms in total. The van der Waals surface area contributed by atoms with Gasteiger partial charge in [0.1, 0.15) is 0 Å². The van der Waals surface area contributed by atoms with E-state index in [1.54, 1.807) is 29.2 Å². The Balaban J connectivity index is 1.41. The minimum Gasteiger partial charge on any atom is -0.321 e. The number of carbonyl (C=O) groups is 2. The van der Waals surface area contributed by atoms with Gasteiger partial charge in [-0.25, -0.2) is 0 Å². The molecule has 0 spiro atoms. The molecule has 1 aliphatic heterocycles. The van der Waals surface area contributed by atoms with E-state index in [2.05, 4.69) is 16.0 Å². The van der Waals surface area contributed by atoms with Crippen LogP contribution in [0.15, 0.2) is 79.0 Å². The topological polar surface area (TPSA) is 54.3 Å². The highest BCUT2D eigenvalue weighted by Gasteiger charge is 2.25. The Morgan fingerprint density at radius 2 is 1.71 bits per heavy atom. The number of nitrogens with one attached hydrogen (secondary N) is 1. The summed E-state index contributed by atoms with van der Waals surface area (Å²) in [4.78, 5) is 28.2. The van der Waals surface area contributed by atoms with Crippen LogP contribution in [0.2, 0.25) is 5.02 Å². The lowest BCUT2D eigenvalue weighted by molar-refractivity contribution is 0.0986. The zero-order chi connectivity index (χ0) is 23.8. The Kier molecular flexibility index (Phi) is 5.72. The summed E-state index contributed by atoms with van der Waals surface area (Å²) in [5, 5.41) is 3.19. The third kappa shape index (κ3) is 3.88. The number of fused-ring (bicyclic) bond motifs is 3. The van der Waals surface area contributed by atoms with Crippen LogP contribution in [-0.2, 0) is 6.42 Å². The first-order valence-electron chi connectivity index (χ1n) is 11.2. The van der Waals surface area contributed by atoms with Crippen molar-refractivity contribution in [3.8, 4) is 5.69 Å². The van der Waals surface area contributed by atoms with Gasteiger partial charge in [-0.3, -0.25) is 9.59 Å². The maximum absolute atomic E-state index is 13.5. The molecule has 0 saturated carbocycles. The number of benzene rings is 3. The van der Waals surface area contributed by atoms with Crippen molar-refractivity contribution in [1.82, 2.24) is 4.57 Å². The highest BCUT2D eigenvalue weighted by Crippen LogP contribution is 2.32. The minimum atomic E-state index is -0.231. The Morgan fingerprint density at radius 3 is 2.50 bits per heavy atom. The van der Waals surface area contributed by atoms with Crippen LogP contribution < -0.4 is 10.2 Å². The third-order valence-electron chi connectivity index (χ3n) is 6.42. The number of nitrogens with zero attached hydrogens (tertiary/aromatic N) is 2. The van der Waals surface area contributed by atoms with E-state index in [1.807, 2.05) is 62.5 Å². The summed E-state index contributed by atoms with van der Waals surface area (Å²) in [5.41, 5.74) is 6.49. The number of amides is 2. The average molecular weight is 470 g/mol. The van der Waals surface area contributed by atoms with E-state index in [4.69, 9.17) is 11.6 Å². The zero-order valence-corrected chi connectivity index (χ0v) is 19.8. The van der Waals surface area contributed by atoms with Gasteiger partial charge < -0.3 is 14.8 Å². The van der Waals surface area contributed by atoms with Crippen molar-refractivity contribution in [2.24, 2.45) is 0 Å². The summed E-state index contributed by atoms with van der Waals surface area (Å²) in [6.07, 6.45) is 2.76. The van der Waals surface area contributed by atoms with Gasteiger partial charge in [-0.1, -0.05) is 35.9 Å². The molecular weight excluding hydrogens is 446 g/mol. The van der Waals surface area contributed by atoms with Gasteiger partial charge >= 0.3 is 0 Å². The summed E-state index contributed by atoms with van der Waals surface area (Å²) in [5.74, 6) is -0.363. The molecule has 0 fully saturated rings. The van der Waals surface area contributed by atoms with Gasteiger partial charge in [0, 0.05) is 36.0 Å². The summed E-state index contributed by atoms with van der Waals surface area (Å²) < 4.78 is 2.13. The molecule has 1 N–H and O–H groups in total. The van der Waals surface area contributed by atoms with Crippen molar-refractivity contribution in [2.45, 2.75) is 20.3 Å². The van der Waals surface area contributed by atoms with E-state index in [0.29, 0.717) is 28.4 Å². The van der Waals surface area contributed by atoms with Gasteiger partial charge in [-0.15, -0.1) is 0 Å². The molecule has 34 heavy (non-hydrogen) atoms. The van der Waals surface area contributed by atoms with Crippen LogP contribution in [-0.4, -0.2) is 22.9 Å². The number of para-hydroxylation sites is 2. The smallest absolute Gasteiger partial charge is 0.258 e. The predicted molar refractivity (Wildman–Crippen MR) is 136 cm³/mol. The first-order valence-corrected chi connectivity index (χ1v) is 11.6. The molecule has 0 unspecified atom stereocenters. The Morgan fingerprint density at radius 1 is 0.912 bits per heavy atom. The fourth-order valence-electron chi connectivity index (χ4n) is 4.40. The molecule has 0 radical (unpaired) electrons. The largest absolute Gasteiger partial charge is 0.321 e. The second-order valence-corrected chi connectivity index (χ2v) is 8.87. The predicted octanol–water partition coefficient (Wildman–Crippen LogP) is 6.20. The molecule has 1 aliphatic rings. The number of anilines is 2. The van der Waals surface area contributed by atoms with Crippen LogP contribution in [0.1, 0.15) is 37.5 Å². The van der Waals surface area contributed by atoms with Crippen LogP contribution in [0.5, 0.6) is 0 Å². The molecule has 0 atom stereocenters. The second-order valence-electron chi connectivity index (χ2n) is 8.46. The van der Waals surface area contributed by atoms with Crippen LogP contribution in [0.4, 0.5) is 11.4 Å². The maximum atomic E-state index is 13.5. The normalized spacial score (nSPS) is 12.5. The minimum absolute atomic E-state index is 0.132. The molecule has 0 saturated heterocycles. The summed E-state index contributed by atoms with van der Waals surface area (Å²) >= 11 is 6.51.